The van der Waals surface area contributed by atoms with E-state index in [4.69, 9.17) is 0 Å². The van der Waals surface area contributed by atoms with Gasteiger partial charge in [-0.1, -0.05) is 18.2 Å². The Kier molecular flexibility index (Phi) is 5.43. The smallest absolute Gasteiger partial charge is 0.261 e. The second kappa shape index (κ2) is 6.91. The minimum absolute atomic E-state index is 0.234. The Morgan fingerprint density at radius 2 is 1.67 bits per heavy atom. The largest absolute Gasteiger partial charge is 0.316 e. The standard InChI is InChI=1S/C14H14Br2N2O2S/c1-17-9-10-4-2-5-11(8-10)21(19,20)18-14-12(15)6-3-7-13(14)16/h2-8,17-18H,9H2,1H3. The number of anilines is 1. The number of halogens is 2. The molecule has 0 saturated carbocycles. The molecule has 0 heterocycles. The van der Waals surface area contributed by atoms with E-state index < -0.39 is 10.0 Å². The molecule has 2 aromatic rings. The first kappa shape index (κ1) is 16.5. The van der Waals surface area contributed by atoms with Crippen LogP contribution in [0.25, 0.3) is 0 Å². The van der Waals surface area contributed by atoms with E-state index in [2.05, 4.69) is 41.9 Å². The molecule has 0 aliphatic rings. The summed E-state index contributed by atoms with van der Waals surface area (Å²) in [5, 5.41) is 3.00. The van der Waals surface area contributed by atoms with Crippen molar-refractivity contribution in [2.24, 2.45) is 0 Å². The summed E-state index contributed by atoms with van der Waals surface area (Å²) in [4.78, 5) is 0.234. The zero-order valence-electron chi connectivity index (χ0n) is 11.2. The minimum Gasteiger partial charge on any atom is -0.316 e. The van der Waals surface area contributed by atoms with Crippen molar-refractivity contribution in [2.75, 3.05) is 11.8 Å². The van der Waals surface area contributed by atoms with Crippen LogP contribution in [0.4, 0.5) is 5.69 Å². The van der Waals surface area contributed by atoms with Gasteiger partial charge in [-0.05, 0) is 68.7 Å². The highest BCUT2D eigenvalue weighted by atomic mass is 79.9. The Balaban J connectivity index is 2.36. The lowest BCUT2D eigenvalue weighted by Gasteiger charge is -2.12. The zero-order chi connectivity index (χ0) is 15.5. The van der Waals surface area contributed by atoms with Gasteiger partial charge in [0.2, 0.25) is 0 Å². The van der Waals surface area contributed by atoms with Crippen LogP contribution in [-0.2, 0) is 16.6 Å². The van der Waals surface area contributed by atoms with E-state index in [1.165, 1.54) is 0 Å². The third kappa shape index (κ3) is 4.06. The predicted octanol–water partition coefficient (Wildman–Crippen LogP) is 3.73. The first-order valence-corrected chi connectivity index (χ1v) is 9.21. The first-order chi connectivity index (χ1) is 9.94. The number of rotatable bonds is 5. The minimum atomic E-state index is -3.64. The van der Waals surface area contributed by atoms with E-state index in [-0.39, 0.29) is 4.90 Å². The van der Waals surface area contributed by atoms with Crippen molar-refractivity contribution < 1.29 is 8.42 Å². The molecule has 2 N–H and O–H groups in total. The molecule has 0 fully saturated rings. The molecule has 7 heteroatoms. The Bertz CT molecular complexity index is 728. The van der Waals surface area contributed by atoms with Crippen molar-refractivity contribution in [2.45, 2.75) is 11.4 Å². The Morgan fingerprint density at radius 3 is 2.29 bits per heavy atom. The average molecular weight is 434 g/mol. The van der Waals surface area contributed by atoms with Crippen molar-refractivity contribution in [1.82, 2.24) is 5.32 Å². The van der Waals surface area contributed by atoms with Crippen molar-refractivity contribution in [1.29, 1.82) is 0 Å². The van der Waals surface area contributed by atoms with E-state index >= 15 is 0 Å². The Labute approximate surface area is 141 Å². The molecular weight excluding hydrogens is 420 g/mol. The van der Waals surface area contributed by atoms with Gasteiger partial charge in [0.05, 0.1) is 10.6 Å². The fourth-order valence-corrected chi connectivity index (χ4v) is 4.45. The average Bonchev–Trinajstić information content (AvgIpc) is 2.44. The summed E-state index contributed by atoms with van der Waals surface area (Å²) in [5.74, 6) is 0. The van der Waals surface area contributed by atoms with Crippen molar-refractivity contribution in [3.8, 4) is 0 Å². The highest BCUT2D eigenvalue weighted by molar-refractivity contribution is 9.11. The summed E-state index contributed by atoms with van der Waals surface area (Å²) >= 11 is 6.69. The number of benzene rings is 2. The highest BCUT2D eigenvalue weighted by Crippen LogP contribution is 2.32. The maximum absolute atomic E-state index is 12.5. The van der Waals surface area contributed by atoms with Gasteiger partial charge < -0.3 is 5.32 Å². The molecule has 0 spiro atoms. The van der Waals surface area contributed by atoms with E-state index in [1.54, 1.807) is 30.3 Å². The Morgan fingerprint density at radius 1 is 1.05 bits per heavy atom. The fraction of sp³-hybridized carbons (Fsp3) is 0.143. The van der Waals surface area contributed by atoms with Gasteiger partial charge in [0.15, 0.2) is 0 Å². The Hall–Kier alpha value is -0.890. The molecule has 0 bridgehead atoms. The van der Waals surface area contributed by atoms with Crippen LogP contribution in [0.1, 0.15) is 5.56 Å². The molecule has 2 aromatic carbocycles. The monoisotopic (exact) mass is 432 g/mol. The quantitative estimate of drug-likeness (QED) is 0.755. The summed E-state index contributed by atoms with van der Waals surface area (Å²) in [6.07, 6.45) is 0. The van der Waals surface area contributed by atoms with Gasteiger partial charge >= 0.3 is 0 Å². The lowest BCUT2D eigenvalue weighted by atomic mass is 10.2. The van der Waals surface area contributed by atoms with Crippen LogP contribution in [-0.4, -0.2) is 15.5 Å². The number of para-hydroxylation sites is 1. The zero-order valence-corrected chi connectivity index (χ0v) is 15.2. The van der Waals surface area contributed by atoms with Gasteiger partial charge in [-0.2, -0.15) is 0 Å². The van der Waals surface area contributed by atoms with Crippen LogP contribution >= 0.6 is 31.9 Å². The molecular formula is C14H14Br2N2O2S. The summed E-state index contributed by atoms with van der Waals surface area (Å²) in [7, 11) is -1.82. The fourth-order valence-electron chi connectivity index (χ4n) is 1.82. The summed E-state index contributed by atoms with van der Waals surface area (Å²) in [5.41, 5.74) is 1.39. The normalized spacial score (nSPS) is 11.4. The molecule has 4 nitrogen and oxygen atoms in total. The van der Waals surface area contributed by atoms with E-state index in [0.717, 1.165) is 5.56 Å². The highest BCUT2D eigenvalue weighted by Gasteiger charge is 2.17. The molecule has 0 saturated heterocycles. The maximum atomic E-state index is 12.5. The SMILES string of the molecule is CNCc1cccc(S(=O)(=O)Nc2c(Br)cccc2Br)c1. The molecule has 21 heavy (non-hydrogen) atoms. The van der Waals surface area contributed by atoms with Gasteiger partial charge in [0.1, 0.15) is 0 Å². The van der Waals surface area contributed by atoms with Crippen LogP contribution in [0.5, 0.6) is 0 Å². The maximum Gasteiger partial charge on any atom is 0.261 e. The van der Waals surface area contributed by atoms with Crippen molar-refractivity contribution >= 4 is 47.6 Å². The number of nitrogens with one attached hydrogen (secondary N) is 2. The van der Waals surface area contributed by atoms with Gasteiger partial charge in [0.25, 0.3) is 10.0 Å². The van der Waals surface area contributed by atoms with E-state index in [9.17, 15) is 8.42 Å². The van der Waals surface area contributed by atoms with Crippen LogP contribution in [0, 0.1) is 0 Å². The van der Waals surface area contributed by atoms with Gasteiger partial charge in [0, 0.05) is 15.5 Å². The van der Waals surface area contributed by atoms with E-state index in [1.807, 2.05) is 19.2 Å². The van der Waals surface area contributed by atoms with Crippen molar-refractivity contribution in [3.63, 3.8) is 0 Å². The third-order valence-electron chi connectivity index (χ3n) is 2.79. The number of sulfonamides is 1. The summed E-state index contributed by atoms with van der Waals surface area (Å²) in [6, 6.07) is 12.2. The number of hydrogen-bond acceptors (Lipinski definition) is 3. The van der Waals surface area contributed by atoms with E-state index in [0.29, 0.717) is 21.2 Å². The van der Waals surface area contributed by atoms with Crippen molar-refractivity contribution in [3.05, 3.63) is 57.0 Å². The molecule has 0 aliphatic heterocycles. The predicted molar refractivity (Wildman–Crippen MR) is 91.9 cm³/mol. The first-order valence-electron chi connectivity index (χ1n) is 6.14. The van der Waals surface area contributed by atoms with Gasteiger partial charge in [-0.3, -0.25) is 4.72 Å². The molecule has 0 radical (unpaired) electrons. The molecule has 0 aliphatic carbocycles. The topological polar surface area (TPSA) is 58.2 Å². The molecule has 112 valence electrons. The lowest BCUT2D eigenvalue weighted by Crippen LogP contribution is -2.14. The second-order valence-corrected chi connectivity index (χ2v) is 7.77. The van der Waals surface area contributed by atoms with Crippen LogP contribution < -0.4 is 10.0 Å². The summed E-state index contributed by atoms with van der Waals surface area (Å²) < 4.78 is 28.9. The molecule has 0 amide bonds. The van der Waals surface area contributed by atoms with Crippen LogP contribution in [0.3, 0.4) is 0 Å². The molecule has 2 rings (SSSR count). The lowest BCUT2D eigenvalue weighted by molar-refractivity contribution is 0.601. The second-order valence-electron chi connectivity index (χ2n) is 4.38. The van der Waals surface area contributed by atoms with Crippen LogP contribution in [0.15, 0.2) is 56.3 Å². The van der Waals surface area contributed by atoms with Crippen LogP contribution in [0.2, 0.25) is 0 Å². The van der Waals surface area contributed by atoms with Gasteiger partial charge in [-0.15, -0.1) is 0 Å². The number of hydrogen-bond donors (Lipinski definition) is 2. The van der Waals surface area contributed by atoms with Gasteiger partial charge in [-0.25, -0.2) is 8.42 Å². The molecule has 0 unspecified atom stereocenters. The molecule has 0 atom stereocenters. The summed E-state index contributed by atoms with van der Waals surface area (Å²) in [6.45, 7) is 0.613. The third-order valence-corrected chi connectivity index (χ3v) is 5.46. The molecule has 0 aromatic heterocycles.